The zero-order valence-electron chi connectivity index (χ0n) is 20.2. The monoisotopic (exact) mass is 508 g/mol. The largest absolute Gasteiger partial charge is 0.370 e. The Morgan fingerprint density at radius 1 is 0.486 bits per heavy atom. The summed E-state index contributed by atoms with van der Waals surface area (Å²) in [5.41, 5.74) is 3.26. The number of benzene rings is 3. The van der Waals surface area contributed by atoms with Crippen LogP contribution in [0.25, 0.3) is 0 Å². The fourth-order valence-electron chi connectivity index (χ4n) is 3.75. The molecule has 0 radical (unpaired) electrons. The Bertz CT molecular complexity index is 976. The van der Waals surface area contributed by atoms with Crippen LogP contribution in [0.4, 0.5) is 0 Å². The Hall–Kier alpha value is -3.18. The average molecular weight is 509 g/mol. The van der Waals surface area contributed by atoms with Crippen LogP contribution < -0.4 is 14.7 Å². The van der Waals surface area contributed by atoms with Crippen molar-refractivity contribution in [1.29, 1.82) is 0 Å². The molecule has 3 unspecified atom stereocenters. The number of epoxide rings is 3. The SMILES string of the molecule is c1cc(C(c2ccc(OOCC3CO3)cc2)c2ccc(OOCC3CO3)cc2)ccc1OOCC1CO1. The summed E-state index contributed by atoms with van der Waals surface area (Å²) >= 11 is 0. The molecule has 9 heteroatoms. The minimum Gasteiger partial charge on any atom is -0.370 e. The summed E-state index contributed by atoms with van der Waals surface area (Å²) in [6.07, 6.45) is 0.423. The van der Waals surface area contributed by atoms with Gasteiger partial charge in [0.2, 0.25) is 0 Å². The van der Waals surface area contributed by atoms with Gasteiger partial charge in [-0.25, -0.2) is 0 Å². The molecule has 0 saturated carbocycles. The molecule has 0 spiro atoms. The van der Waals surface area contributed by atoms with Crippen LogP contribution in [-0.2, 0) is 28.9 Å². The molecule has 0 amide bonds. The quantitative estimate of drug-likeness (QED) is 0.131. The summed E-state index contributed by atoms with van der Waals surface area (Å²) in [5.74, 6) is 1.84. The van der Waals surface area contributed by atoms with Crippen molar-refractivity contribution in [3.8, 4) is 17.2 Å². The molecular weight excluding hydrogens is 480 g/mol. The number of ether oxygens (including phenoxy) is 3. The molecule has 0 aromatic heterocycles. The minimum absolute atomic E-state index is 0.0421. The van der Waals surface area contributed by atoms with Crippen molar-refractivity contribution >= 4 is 0 Å². The maximum atomic E-state index is 5.39. The van der Waals surface area contributed by atoms with E-state index < -0.39 is 0 Å². The van der Waals surface area contributed by atoms with Gasteiger partial charge in [-0.2, -0.15) is 14.7 Å². The summed E-state index contributed by atoms with van der Waals surface area (Å²) in [6, 6.07) is 23.6. The van der Waals surface area contributed by atoms with E-state index in [9.17, 15) is 0 Å². The first-order valence-electron chi connectivity index (χ1n) is 12.3. The van der Waals surface area contributed by atoms with Crippen LogP contribution >= 0.6 is 0 Å². The van der Waals surface area contributed by atoms with Crippen LogP contribution in [0.2, 0.25) is 0 Å². The Morgan fingerprint density at radius 2 is 0.757 bits per heavy atom. The van der Waals surface area contributed by atoms with Gasteiger partial charge < -0.3 is 28.9 Å². The molecule has 3 atom stereocenters. The van der Waals surface area contributed by atoms with E-state index >= 15 is 0 Å². The van der Waals surface area contributed by atoms with Crippen LogP contribution in [0.3, 0.4) is 0 Å². The summed E-state index contributed by atoms with van der Waals surface area (Å²) in [7, 11) is 0. The third kappa shape index (κ3) is 7.20. The van der Waals surface area contributed by atoms with Gasteiger partial charge in [-0.1, -0.05) is 36.4 Å². The van der Waals surface area contributed by atoms with Crippen molar-refractivity contribution in [1.82, 2.24) is 0 Å². The summed E-state index contributed by atoms with van der Waals surface area (Å²) in [6.45, 7) is 3.42. The second kappa shape index (κ2) is 11.5. The molecule has 9 nitrogen and oxygen atoms in total. The second-order valence-corrected chi connectivity index (χ2v) is 9.11. The first kappa shape index (κ1) is 24.2. The van der Waals surface area contributed by atoms with Gasteiger partial charge in [0.1, 0.15) is 38.1 Å². The van der Waals surface area contributed by atoms with E-state index in [1.54, 1.807) is 0 Å². The molecule has 3 saturated heterocycles. The van der Waals surface area contributed by atoms with E-state index in [1.165, 1.54) is 0 Å². The molecule has 3 aromatic carbocycles. The van der Waals surface area contributed by atoms with E-state index in [2.05, 4.69) is 0 Å². The third-order valence-electron chi connectivity index (χ3n) is 6.07. The molecule has 6 rings (SSSR count). The van der Waals surface area contributed by atoms with Gasteiger partial charge in [-0.05, 0) is 53.1 Å². The molecule has 194 valence electrons. The fourth-order valence-corrected chi connectivity index (χ4v) is 3.75. The van der Waals surface area contributed by atoms with Crippen molar-refractivity contribution in [2.24, 2.45) is 0 Å². The standard InChI is InChI=1S/C28H28O9/c1-7-22(35-32-16-25-13-29-25)8-2-19(1)28(20-3-9-23(10-4-20)36-33-17-26-14-30-26)21-5-11-24(12-6-21)37-34-18-27-15-31-27/h1-12,25-28H,13-18H2. The van der Waals surface area contributed by atoms with Gasteiger partial charge >= 0.3 is 0 Å². The Morgan fingerprint density at radius 3 is 1.00 bits per heavy atom. The lowest BCUT2D eigenvalue weighted by Gasteiger charge is -2.20. The molecule has 37 heavy (non-hydrogen) atoms. The predicted molar refractivity (Wildman–Crippen MR) is 129 cm³/mol. The fraction of sp³-hybridized carbons (Fsp3) is 0.357. The topological polar surface area (TPSA) is 93.0 Å². The number of rotatable bonds is 15. The molecule has 3 aliphatic heterocycles. The van der Waals surface area contributed by atoms with Gasteiger partial charge in [-0.15, -0.1) is 0 Å². The van der Waals surface area contributed by atoms with Crippen LogP contribution in [0.5, 0.6) is 17.2 Å². The van der Waals surface area contributed by atoms with Crippen molar-refractivity contribution in [2.75, 3.05) is 39.6 Å². The first-order valence-corrected chi connectivity index (χ1v) is 12.3. The molecular formula is C28H28O9. The van der Waals surface area contributed by atoms with Crippen molar-refractivity contribution in [2.45, 2.75) is 24.2 Å². The van der Waals surface area contributed by atoms with E-state index in [4.69, 9.17) is 43.5 Å². The zero-order valence-corrected chi connectivity index (χ0v) is 20.2. The van der Waals surface area contributed by atoms with Crippen LogP contribution in [0.1, 0.15) is 22.6 Å². The Kier molecular flexibility index (Phi) is 7.50. The molecule has 3 heterocycles. The lowest BCUT2D eigenvalue weighted by Crippen LogP contribution is -2.07. The average Bonchev–Trinajstić information content (AvgIpc) is 3.77. The molecule has 0 aliphatic carbocycles. The minimum atomic E-state index is -0.0421. The lowest BCUT2D eigenvalue weighted by molar-refractivity contribution is -0.209. The molecule has 0 bridgehead atoms. The van der Waals surface area contributed by atoms with Crippen LogP contribution in [0, 0.1) is 0 Å². The molecule has 3 fully saturated rings. The van der Waals surface area contributed by atoms with Crippen molar-refractivity contribution < 1.29 is 43.5 Å². The highest BCUT2D eigenvalue weighted by atomic mass is 17.2. The van der Waals surface area contributed by atoms with E-state index in [0.29, 0.717) is 37.1 Å². The lowest BCUT2D eigenvalue weighted by atomic mass is 9.85. The number of hydrogen-bond acceptors (Lipinski definition) is 9. The smallest absolute Gasteiger partial charge is 0.165 e. The van der Waals surface area contributed by atoms with E-state index in [-0.39, 0.29) is 24.2 Å². The summed E-state index contributed by atoms with van der Waals surface area (Å²) in [4.78, 5) is 31.9. The highest BCUT2D eigenvalue weighted by molar-refractivity contribution is 5.46. The van der Waals surface area contributed by atoms with Crippen molar-refractivity contribution in [3.63, 3.8) is 0 Å². The van der Waals surface area contributed by atoms with Crippen LogP contribution in [-0.4, -0.2) is 58.0 Å². The van der Waals surface area contributed by atoms with Gasteiger partial charge in [-0.3, -0.25) is 0 Å². The summed E-state index contributed by atoms with van der Waals surface area (Å²) in [5, 5.41) is 0. The van der Waals surface area contributed by atoms with E-state index in [0.717, 1.165) is 36.5 Å². The molecule has 0 N–H and O–H groups in total. The van der Waals surface area contributed by atoms with Gasteiger partial charge in [0.25, 0.3) is 0 Å². The predicted octanol–water partition coefficient (Wildman–Crippen LogP) is 3.99. The Labute approximate surface area is 214 Å². The number of hydrogen-bond donors (Lipinski definition) is 0. The summed E-state index contributed by atoms with van der Waals surface area (Å²) < 4.78 is 15.4. The second-order valence-electron chi connectivity index (χ2n) is 9.11. The Balaban J connectivity index is 1.16. The maximum absolute atomic E-state index is 5.39. The van der Waals surface area contributed by atoms with Gasteiger partial charge in [0, 0.05) is 5.92 Å². The molecule has 3 aromatic rings. The highest BCUT2D eigenvalue weighted by Crippen LogP contribution is 2.35. The van der Waals surface area contributed by atoms with Gasteiger partial charge in [0.15, 0.2) is 17.2 Å². The zero-order chi connectivity index (χ0) is 24.9. The van der Waals surface area contributed by atoms with E-state index in [1.807, 2.05) is 72.8 Å². The normalized spacial score (nSPS) is 22.2. The maximum Gasteiger partial charge on any atom is 0.165 e. The van der Waals surface area contributed by atoms with Crippen molar-refractivity contribution in [3.05, 3.63) is 89.5 Å². The third-order valence-corrected chi connectivity index (χ3v) is 6.07. The highest BCUT2D eigenvalue weighted by Gasteiger charge is 2.25. The van der Waals surface area contributed by atoms with Crippen LogP contribution in [0.15, 0.2) is 72.8 Å². The van der Waals surface area contributed by atoms with Gasteiger partial charge in [0.05, 0.1) is 19.8 Å². The first-order chi connectivity index (χ1) is 18.3. The molecule has 3 aliphatic rings.